The Hall–Kier alpha value is -2.69. The number of ether oxygens (including phenoxy) is 2. The average Bonchev–Trinajstić information content (AvgIpc) is 3.25. The molecule has 0 unspecified atom stereocenters. The number of hydrogen-bond donors (Lipinski definition) is 1. The standard InChI is InChI=1S/C20H23N3O5S2/c1-3-27-15-7-9-17(28-4-2)19(14-15)30(25,26)21-11-12-23-20(24)10-8-16(22-23)18-6-5-13-29-18/h5-10,13-14,21H,3-4,11-12H2,1-2H3. The Balaban J connectivity index is 1.77. The van der Waals surface area contributed by atoms with Gasteiger partial charge in [0, 0.05) is 18.7 Å². The SMILES string of the molecule is CCOc1ccc(OCC)c(S(=O)(=O)NCCn2nc(-c3cccs3)ccc2=O)c1. The highest BCUT2D eigenvalue weighted by molar-refractivity contribution is 7.89. The molecule has 0 atom stereocenters. The largest absolute Gasteiger partial charge is 0.494 e. The van der Waals surface area contributed by atoms with Gasteiger partial charge in [-0.3, -0.25) is 4.79 Å². The number of nitrogens with one attached hydrogen (secondary N) is 1. The lowest BCUT2D eigenvalue weighted by atomic mass is 10.3. The summed E-state index contributed by atoms with van der Waals surface area (Å²) in [5.74, 6) is 0.673. The van der Waals surface area contributed by atoms with Gasteiger partial charge in [0.05, 0.1) is 24.6 Å². The number of aromatic nitrogens is 2. The smallest absolute Gasteiger partial charge is 0.266 e. The quantitative estimate of drug-likeness (QED) is 0.511. The van der Waals surface area contributed by atoms with Crippen molar-refractivity contribution in [3.05, 3.63) is 58.2 Å². The second-order valence-corrected chi connectivity index (χ2v) is 8.81. The fraction of sp³-hybridized carbons (Fsp3) is 0.300. The summed E-state index contributed by atoms with van der Waals surface area (Å²) in [6.07, 6.45) is 0. The Bertz CT molecular complexity index is 1140. The van der Waals surface area contributed by atoms with Crippen LogP contribution in [0, 0.1) is 0 Å². The molecule has 0 aliphatic carbocycles. The van der Waals surface area contributed by atoms with E-state index in [4.69, 9.17) is 9.47 Å². The molecule has 2 heterocycles. The van der Waals surface area contributed by atoms with Gasteiger partial charge in [-0.2, -0.15) is 5.10 Å². The summed E-state index contributed by atoms with van der Waals surface area (Å²) >= 11 is 1.51. The van der Waals surface area contributed by atoms with Gasteiger partial charge in [-0.25, -0.2) is 17.8 Å². The lowest BCUT2D eigenvalue weighted by molar-refractivity contribution is 0.322. The Kier molecular flexibility index (Phi) is 7.24. The number of hydrogen-bond acceptors (Lipinski definition) is 7. The summed E-state index contributed by atoms with van der Waals surface area (Å²) in [4.78, 5) is 13.0. The lowest BCUT2D eigenvalue weighted by Crippen LogP contribution is -2.32. The van der Waals surface area contributed by atoms with E-state index in [1.807, 2.05) is 24.4 Å². The van der Waals surface area contributed by atoms with E-state index in [2.05, 4.69) is 9.82 Å². The first-order chi connectivity index (χ1) is 14.4. The summed E-state index contributed by atoms with van der Waals surface area (Å²) < 4.78 is 40.3. The maximum absolute atomic E-state index is 12.9. The molecular formula is C20H23N3O5S2. The minimum absolute atomic E-state index is 0.00639. The van der Waals surface area contributed by atoms with E-state index >= 15 is 0 Å². The van der Waals surface area contributed by atoms with Gasteiger partial charge in [-0.1, -0.05) is 6.07 Å². The third kappa shape index (κ3) is 5.26. The molecule has 160 valence electrons. The molecule has 0 saturated carbocycles. The van der Waals surface area contributed by atoms with Gasteiger partial charge >= 0.3 is 0 Å². The molecule has 0 saturated heterocycles. The van der Waals surface area contributed by atoms with Crippen LogP contribution in [0.1, 0.15) is 13.8 Å². The van der Waals surface area contributed by atoms with Gasteiger partial charge in [-0.15, -0.1) is 11.3 Å². The Morgan fingerprint density at radius 1 is 1.10 bits per heavy atom. The monoisotopic (exact) mass is 449 g/mol. The van der Waals surface area contributed by atoms with Crippen LogP contribution in [0.4, 0.5) is 0 Å². The topological polar surface area (TPSA) is 99.5 Å². The molecule has 0 radical (unpaired) electrons. The van der Waals surface area contributed by atoms with Crippen molar-refractivity contribution in [2.24, 2.45) is 0 Å². The minimum Gasteiger partial charge on any atom is -0.494 e. The van der Waals surface area contributed by atoms with Crippen LogP contribution in [0.15, 0.2) is 57.5 Å². The van der Waals surface area contributed by atoms with E-state index in [0.29, 0.717) is 24.7 Å². The summed E-state index contributed by atoms with van der Waals surface area (Å²) in [5, 5.41) is 6.25. The summed E-state index contributed by atoms with van der Waals surface area (Å²) in [6, 6.07) is 11.5. The van der Waals surface area contributed by atoms with Crippen molar-refractivity contribution in [2.75, 3.05) is 19.8 Å². The number of benzene rings is 1. The van der Waals surface area contributed by atoms with Gasteiger partial charge < -0.3 is 9.47 Å². The van der Waals surface area contributed by atoms with Crippen LogP contribution < -0.4 is 19.8 Å². The molecule has 1 aromatic carbocycles. The van der Waals surface area contributed by atoms with Crippen molar-refractivity contribution < 1.29 is 17.9 Å². The van der Waals surface area contributed by atoms with Crippen molar-refractivity contribution in [1.29, 1.82) is 0 Å². The summed E-state index contributed by atoms with van der Waals surface area (Å²) in [7, 11) is -3.89. The van der Waals surface area contributed by atoms with Crippen LogP contribution in [0.2, 0.25) is 0 Å². The minimum atomic E-state index is -3.89. The van der Waals surface area contributed by atoms with Crippen molar-refractivity contribution in [3.63, 3.8) is 0 Å². The predicted molar refractivity (Wildman–Crippen MR) is 116 cm³/mol. The fourth-order valence-corrected chi connectivity index (χ4v) is 4.63. The van der Waals surface area contributed by atoms with E-state index in [9.17, 15) is 13.2 Å². The Morgan fingerprint density at radius 2 is 1.90 bits per heavy atom. The van der Waals surface area contributed by atoms with Crippen LogP contribution in [0.25, 0.3) is 10.6 Å². The van der Waals surface area contributed by atoms with Gasteiger partial charge in [0.15, 0.2) is 0 Å². The molecule has 8 nitrogen and oxygen atoms in total. The number of thiophene rings is 1. The first-order valence-corrected chi connectivity index (χ1v) is 11.8. The van der Waals surface area contributed by atoms with E-state index in [1.165, 1.54) is 28.2 Å². The Labute approximate surface area is 179 Å². The highest BCUT2D eigenvalue weighted by Crippen LogP contribution is 2.28. The average molecular weight is 450 g/mol. The summed E-state index contributed by atoms with van der Waals surface area (Å²) in [6.45, 7) is 4.41. The van der Waals surface area contributed by atoms with Gasteiger partial charge in [-0.05, 0) is 43.5 Å². The molecule has 1 N–H and O–H groups in total. The molecular weight excluding hydrogens is 426 g/mol. The van der Waals surface area contributed by atoms with Crippen LogP contribution in [-0.2, 0) is 16.6 Å². The maximum atomic E-state index is 12.9. The molecule has 10 heteroatoms. The highest BCUT2D eigenvalue weighted by Gasteiger charge is 2.21. The fourth-order valence-electron chi connectivity index (χ4n) is 2.76. The van der Waals surface area contributed by atoms with Gasteiger partial charge in [0.25, 0.3) is 5.56 Å². The summed E-state index contributed by atoms with van der Waals surface area (Å²) in [5.41, 5.74) is 0.360. The van der Waals surface area contributed by atoms with E-state index in [-0.39, 0.29) is 29.3 Å². The van der Waals surface area contributed by atoms with E-state index < -0.39 is 10.0 Å². The second kappa shape index (κ2) is 9.88. The highest BCUT2D eigenvalue weighted by atomic mass is 32.2. The molecule has 3 rings (SSSR count). The number of nitrogens with zero attached hydrogens (tertiary/aromatic N) is 2. The molecule has 0 aliphatic rings. The number of rotatable bonds is 10. The van der Waals surface area contributed by atoms with Crippen molar-refractivity contribution in [3.8, 4) is 22.1 Å². The Morgan fingerprint density at radius 3 is 2.60 bits per heavy atom. The molecule has 0 aliphatic heterocycles. The van der Waals surface area contributed by atoms with Crippen LogP contribution in [0.5, 0.6) is 11.5 Å². The normalized spacial score (nSPS) is 11.4. The number of sulfonamides is 1. The zero-order valence-electron chi connectivity index (χ0n) is 16.7. The zero-order valence-corrected chi connectivity index (χ0v) is 18.3. The first-order valence-electron chi connectivity index (χ1n) is 9.46. The molecule has 3 aromatic rings. The van der Waals surface area contributed by atoms with Crippen molar-refractivity contribution >= 4 is 21.4 Å². The zero-order chi connectivity index (χ0) is 21.6. The van der Waals surface area contributed by atoms with Crippen LogP contribution in [0.3, 0.4) is 0 Å². The molecule has 0 amide bonds. The molecule has 0 fully saturated rings. The van der Waals surface area contributed by atoms with Gasteiger partial charge in [0.1, 0.15) is 22.1 Å². The van der Waals surface area contributed by atoms with Crippen molar-refractivity contribution in [2.45, 2.75) is 25.3 Å². The molecule has 30 heavy (non-hydrogen) atoms. The molecule has 2 aromatic heterocycles. The first kappa shape index (κ1) is 22.0. The second-order valence-electron chi connectivity index (χ2n) is 6.13. The lowest BCUT2D eigenvalue weighted by Gasteiger charge is -2.14. The molecule has 0 spiro atoms. The maximum Gasteiger partial charge on any atom is 0.266 e. The van der Waals surface area contributed by atoms with E-state index in [1.54, 1.807) is 25.1 Å². The van der Waals surface area contributed by atoms with Crippen LogP contribution in [-0.4, -0.2) is 38.0 Å². The third-order valence-corrected chi connectivity index (χ3v) is 6.45. The molecule has 0 bridgehead atoms. The van der Waals surface area contributed by atoms with Gasteiger partial charge in [0.2, 0.25) is 10.0 Å². The van der Waals surface area contributed by atoms with E-state index in [0.717, 1.165) is 4.88 Å². The predicted octanol–water partition coefficient (Wildman–Crippen LogP) is 2.75. The third-order valence-electron chi connectivity index (χ3n) is 4.07. The van der Waals surface area contributed by atoms with Crippen molar-refractivity contribution in [1.82, 2.24) is 14.5 Å². The van der Waals surface area contributed by atoms with Crippen LogP contribution >= 0.6 is 11.3 Å².